The largest absolute Gasteiger partial charge is 0.481 e. The van der Waals surface area contributed by atoms with Crippen molar-refractivity contribution >= 4 is 23.4 Å². The Morgan fingerprint density at radius 1 is 1.50 bits per heavy atom. The van der Waals surface area contributed by atoms with E-state index in [1.54, 1.807) is 0 Å². The number of carboxylic acid groups (broad SMARTS) is 1. The molecule has 1 unspecified atom stereocenters. The lowest BCUT2D eigenvalue weighted by Crippen LogP contribution is -2.16. The molecule has 0 radical (unpaired) electrons. The summed E-state index contributed by atoms with van der Waals surface area (Å²) in [4.78, 5) is 21.9. The Labute approximate surface area is 96.8 Å². The van der Waals surface area contributed by atoms with Gasteiger partial charge in [-0.05, 0) is 19.1 Å². The standard InChI is InChI=1S/C11H10ClFO3/c1-6(14)5-7(11(15)16)10-8(12)3-2-4-9(10)13/h2-4,7H,5H2,1H3,(H,15,16). The van der Waals surface area contributed by atoms with Crippen LogP contribution in [0, 0.1) is 5.82 Å². The molecule has 0 saturated heterocycles. The molecule has 0 aliphatic rings. The van der Waals surface area contributed by atoms with Crippen LogP contribution in [-0.2, 0) is 9.59 Å². The SMILES string of the molecule is CC(=O)CC(C(=O)O)c1c(F)cccc1Cl. The molecule has 0 bridgehead atoms. The molecule has 0 aliphatic carbocycles. The molecule has 0 amide bonds. The predicted molar refractivity (Wildman–Crippen MR) is 57.1 cm³/mol. The topological polar surface area (TPSA) is 54.4 Å². The van der Waals surface area contributed by atoms with Crippen molar-refractivity contribution in [2.75, 3.05) is 0 Å². The number of Topliss-reactive ketones (excluding diaryl/α,β-unsaturated/α-hetero) is 1. The summed E-state index contributed by atoms with van der Waals surface area (Å²) in [5.74, 6) is -3.53. The third-order valence-electron chi connectivity index (χ3n) is 2.14. The van der Waals surface area contributed by atoms with Crippen molar-refractivity contribution < 1.29 is 19.1 Å². The van der Waals surface area contributed by atoms with E-state index in [1.165, 1.54) is 19.1 Å². The first kappa shape index (κ1) is 12.6. The molecule has 1 aromatic rings. The monoisotopic (exact) mass is 244 g/mol. The molecule has 1 atom stereocenters. The maximum absolute atomic E-state index is 13.5. The van der Waals surface area contributed by atoms with E-state index in [0.717, 1.165) is 6.07 Å². The first-order valence-electron chi connectivity index (χ1n) is 4.59. The highest BCUT2D eigenvalue weighted by atomic mass is 35.5. The summed E-state index contributed by atoms with van der Waals surface area (Å²) in [5.41, 5.74) is -0.133. The Morgan fingerprint density at radius 2 is 2.12 bits per heavy atom. The van der Waals surface area contributed by atoms with Gasteiger partial charge in [-0.15, -0.1) is 0 Å². The highest BCUT2D eigenvalue weighted by molar-refractivity contribution is 6.31. The van der Waals surface area contributed by atoms with Crippen LogP contribution in [0.25, 0.3) is 0 Å². The average Bonchev–Trinajstić information content (AvgIpc) is 2.15. The van der Waals surface area contributed by atoms with Crippen molar-refractivity contribution in [3.8, 4) is 0 Å². The van der Waals surface area contributed by atoms with E-state index < -0.39 is 17.7 Å². The molecule has 0 fully saturated rings. The Kier molecular flexibility index (Phi) is 4.01. The zero-order valence-corrected chi connectivity index (χ0v) is 9.29. The normalized spacial score (nSPS) is 12.2. The van der Waals surface area contributed by atoms with Gasteiger partial charge in [0.25, 0.3) is 0 Å². The molecular formula is C11H10ClFO3. The summed E-state index contributed by atoms with van der Waals surface area (Å²) >= 11 is 5.74. The number of aliphatic carboxylic acids is 1. The van der Waals surface area contributed by atoms with Crippen LogP contribution in [0.5, 0.6) is 0 Å². The van der Waals surface area contributed by atoms with Crippen LogP contribution in [-0.4, -0.2) is 16.9 Å². The molecule has 5 heteroatoms. The number of carbonyl (C=O) groups excluding carboxylic acids is 1. The number of hydrogen-bond donors (Lipinski definition) is 1. The molecule has 86 valence electrons. The van der Waals surface area contributed by atoms with Crippen LogP contribution in [0.3, 0.4) is 0 Å². The highest BCUT2D eigenvalue weighted by Gasteiger charge is 2.26. The lowest BCUT2D eigenvalue weighted by molar-refractivity contribution is -0.140. The van der Waals surface area contributed by atoms with Crippen molar-refractivity contribution in [1.82, 2.24) is 0 Å². The van der Waals surface area contributed by atoms with Gasteiger partial charge in [-0.25, -0.2) is 4.39 Å². The van der Waals surface area contributed by atoms with Crippen LogP contribution < -0.4 is 0 Å². The zero-order valence-electron chi connectivity index (χ0n) is 8.54. The summed E-state index contributed by atoms with van der Waals surface area (Å²) in [7, 11) is 0. The number of benzene rings is 1. The van der Waals surface area contributed by atoms with Gasteiger partial charge in [-0.2, -0.15) is 0 Å². The van der Waals surface area contributed by atoms with Gasteiger partial charge in [0.05, 0.1) is 5.92 Å². The zero-order chi connectivity index (χ0) is 12.3. The first-order chi connectivity index (χ1) is 7.43. The Hall–Kier alpha value is -1.42. The van der Waals surface area contributed by atoms with E-state index in [9.17, 15) is 14.0 Å². The van der Waals surface area contributed by atoms with Crippen molar-refractivity contribution in [1.29, 1.82) is 0 Å². The van der Waals surface area contributed by atoms with Gasteiger partial charge >= 0.3 is 5.97 Å². The number of ketones is 1. The van der Waals surface area contributed by atoms with Gasteiger partial charge in [0.2, 0.25) is 0 Å². The Morgan fingerprint density at radius 3 is 2.56 bits per heavy atom. The average molecular weight is 245 g/mol. The molecule has 0 aromatic heterocycles. The summed E-state index contributed by atoms with van der Waals surface area (Å²) in [6, 6.07) is 3.90. The third-order valence-corrected chi connectivity index (χ3v) is 2.47. The number of carboxylic acids is 1. The quantitative estimate of drug-likeness (QED) is 0.886. The van der Waals surface area contributed by atoms with Gasteiger partial charge in [0, 0.05) is 17.0 Å². The third kappa shape index (κ3) is 2.79. The van der Waals surface area contributed by atoms with Crippen LogP contribution in [0.2, 0.25) is 5.02 Å². The van der Waals surface area contributed by atoms with E-state index in [2.05, 4.69) is 0 Å². The predicted octanol–water partition coefficient (Wildman–Crippen LogP) is 2.63. The lowest BCUT2D eigenvalue weighted by atomic mass is 9.93. The fourth-order valence-electron chi connectivity index (χ4n) is 1.44. The Bertz CT molecular complexity index is 411. The smallest absolute Gasteiger partial charge is 0.311 e. The van der Waals surface area contributed by atoms with Crippen molar-refractivity contribution in [2.24, 2.45) is 0 Å². The highest BCUT2D eigenvalue weighted by Crippen LogP contribution is 2.30. The van der Waals surface area contributed by atoms with Crippen molar-refractivity contribution in [2.45, 2.75) is 19.3 Å². The van der Waals surface area contributed by atoms with E-state index in [-0.39, 0.29) is 22.8 Å². The summed E-state index contributed by atoms with van der Waals surface area (Å²) in [5, 5.41) is 8.97. The van der Waals surface area contributed by atoms with Gasteiger partial charge in [0.1, 0.15) is 11.6 Å². The minimum absolute atomic E-state index is 0.0219. The minimum atomic E-state index is -1.26. The maximum Gasteiger partial charge on any atom is 0.311 e. The fourth-order valence-corrected chi connectivity index (χ4v) is 1.74. The molecule has 3 nitrogen and oxygen atoms in total. The van der Waals surface area contributed by atoms with Crippen LogP contribution in [0.15, 0.2) is 18.2 Å². The van der Waals surface area contributed by atoms with E-state index in [4.69, 9.17) is 16.7 Å². The van der Waals surface area contributed by atoms with Gasteiger partial charge in [-0.3, -0.25) is 9.59 Å². The maximum atomic E-state index is 13.5. The molecule has 0 saturated carbocycles. The number of rotatable bonds is 4. The summed E-state index contributed by atoms with van der Waals surface area (Å²) < 4.78 is 13.5. The summed E-state index contributed by atoms with van der Waals surface area (Å²) in [6.07, 6.45) is -0.268. The molecule has 0 heterocycles. The second kappa shape index (κ2) is 5.07. The van der Waals surface area contributed by atoms with Crippen LogP contribution in [0.4, 0.5) is 4.39 Å². The number of carbonyl (C=O) groups is 2. The first-order valence-corrected chi connectivity index (χ1v) is 4.97. The summed E-state index contributed by atoms with van der Waals surface area (Å²) in [6.45, 7) is 1.25. The molecule has 0 spiro atoms. The molecule has 1 rings (SSSR count). The number of hydrogen-bond acceptors (Lipinski definition) is 2. The molecule has 1 N–H and O–H groups in total. The number of halogens is 2. The van der Waals surface area contributed by atoms with E-state index in [1.807, 2.05) is 0 Å². The minimum Gasteiger partial charge on any atom is -0.481 e. The lowest BCUT2D eigenvalue weighted by Gasteiger charge is -2.13. The van der Waals surface area contributed by atoms with Gasteiger partial charge in [-0.1, -0.05) is 17.7 Å². The molecule has 16 heavy (non-hydrogen) atoms. The second-order valence-corrected chi connectivity index (χ2v) is 3.84. The molecular weight excluding hydrogens is 235 g/mol. The van der Waals surface area contributed by atoms with Gasteiger partial charge in [0.15, 0.2) is 0 Å². The van der Waals surface area contributed by atoms with Crippen molar-refractivity contribution in [3.63, 3.8) is 0 Å². The van der Waals surface area contributed by atoms with E-state index in [0.29, 0.717) is 0 Å². The van der Waals surface area contributed by atoms with Crippen molar-refractivity contribution in [3.05, 3.63) is 34.6 Å². The Balaban J connectivity index is 3.20. The molecule has 1 aromatic carbocycles. The van der Waals surface area contributed by atoms with Crippen LogP contribution >= 0.6 is 11.6 Å². The van der Waals surface area contributed by atoms with Gasteiger partial charge < -0.3 is 5.11 Å². The van der Waals surface area contributed by atoms with E-state index >= 15 is 0 Å². The molecule has 0 aliphatic heterocycles. The second-order valence-electron chi connectivity index (χ2n) is 3.43. The fraction of sp³-hybridized carbons (Fsp3) is 0.273. The van der Waals surface area contributed by atoms with Crippen LogP contribution in [0.1, 0.15) is 24.8 Å².